The Morgan fingerprint density at radius 2 is 1.85 bits per heavy atom. The highest BCUT2D eigenvalue weighted by atomic mass is 32.2. The van der Waals surface area contributed by atoms with Crippen molar-refractivity contribution in [3.8, 4) is 0 Å². The molecular weight excluding hydrogens is 360 g/mol. The van der Waals surface area contributed by atoms with Gasteiger partial charge in [-0.1, -0.05) is 0 Å². The molecule has 142 valence electrons. The first-order valence-electron chi connectivity index (χ1n) is 8.14. The number of carbonyl (C=O) groups excluding carboxylic acids is 3. The molecule has 0 aliphatic carbocycles. The van der Waals surface area contributed by atoms with E-state index in [1.807, 2.05) is 0 Å². The van der Waals surface area contributed by atoms with E-state index in [9.17, 15) is 22.8 Å². The number of amides is 2. The Morgan fingerprint density at radius 3 is 2.38 bits per heavy atom. The van der Waals surface area contributed by atoms with Gasteiger partial charge in [-0.15, -0.1) is 0 Å². The van der Waals surface area contributed by atoms with Crippen molar-refractivity contribution in [3.63, 3.8) is 0 Å². The lowest BCUT2D eigenvalue weighted by Crippen LogP contribution is -2.23. The summed E-state index contributed by atoms with van der Waals surface area (Å²) < 4.78 is 27.6. The summed E-state index contributed by atoms with van der Waals surface area (Å²) in [7, 11) is 0.250. The standard InChI is InChI=1S/C17H22N2O6S/c1-19(2)17(22)13-3-5-14(6-4-13)18-15(20)10-25-16(21)9-12-7-8-26(23,24)11-12/h3-6,12H,7-11H2,1-2H3,(H,18,20)/t12-/m1/s1. The van der Waals surface area contributed by atoms with Gasteiger partial charge in [0.25, 0.3) is 11.8 Å². The van der Waals surface area contributed by atoms with E-state index in [-0.39, 0.29) is 29.8 Å². The molecule has 1 heterocycles. The second kappa shape index (κ2) is 8.31. The molecule has 0 spiro atoms. The fourth-order valence-electron chi connectivity index (χ4n) is 2.63. The van der Waals surface area contributed by atoms with E-state index >= 15 is 0 Å². The third kappa shape index (κ3) is 5.83. The zero-order valence-corrected chi connectivity index (χ0v) is 15.5. The minimum Gasteiger partial charge on any atom is -0.456 e. The van der Waals surface area contributed by atoms with Crippen LogP contribution < -0.4 is 5.32 Å². The van der Waals surface area contributed by atoms with Crippen LogP contribution in [0.25, 0.3) is 0 Å². The molecule has 1 atom stereocenters. The number of rotatable bonds is 6. The first-order chi connectivity index (χ1) is 12.2. The fourth-order valence-corrected chi connectivity index (χ4v) is 4.49. The molecule has 1 fully saturated rings. The van der Waals surface area contributed by atoms with Crippen LogP contribution in [-0.2, 0) is 24.2 Å². The van der Waals surface area contributed by atoms with Crippen LogP contribution in [0.2, 0.25) is 0 Å². The van der Waals surface area contributed by atoms with E-state index in [4.69, 9.17) is 4.74 Å². The maximum Gasteiger partial charge on any atom is 0.306 e. The van der Waals surface area contributed by atoms with Gasteiger partial charge in [0.15, 0.2) is 16.4 Å². The summed E-state index contributed by atoms with van der Waals surface area (Å²) in [4.78, 5) is 36.8. The first kappa shape index (κ1) is 19.9. The van der Waals surface area contributed by atoms with Crippen LogP contribution in [0.3, 0.4) is 0 Å². The lowest BCUT2D eigenvalue weighted by molar-refractivity contribution is -0.148. The number of benzene rings is 1. The van der Waals surface area contributed by atoms with E-state index in [1.165, 1.54) is 4.90 Å². The summed E-state index contributed by atoms with van der Waals surface area (Å²) >= 11 is 0. The smallest absolute Gasteiger partial charge is 0.306 e. The number of hydrogen-bond donors (Lipinski definition) is 1. The van der Waals surface area contributed by atoms with Gasteiger partial charge in [0, 0.05) is 31.8 Å². The van der Waals surface area contributed by atoms with Gasteiger partial charge in [-0.05, 0) is 36.6 Å². The highest BCUT2D eigenvalue weighted by Gasteiger charge is 2.30. The van der Waals surface area contributed by atoms with Crippen molar-refractivity contribution in [1.82, 2.24) is 4.90 Å². The van der Waals surface area contributed by atoms with Crippen LogP contribution in [-0.4, -0.2) is 63.3 Å². The Bertz CT molecular complexity index is 786. The molecule has 2 rings (SSSR count). The molecule has 0 aromatic heterocycles. The number of ether oxygens (including phenoxy) is 1. The molecule has 0 radical (unpaired) electrons. The summed E-state index contributed by atoms with van der Waals surface area (Å²) in [5.41, 5.74) is 0.967. The zero-order valence-electron chi connectivity index (χ0n) is 14.7. The highest BCUT2D eigenvalue weighted by molar-refractivity contribution is 7.91. The van der Waals surface area contributed by atoms with Gasteiger partial charge >= 0.3 is 5.97 Å². The van der Waals surface area contributed by atoms with Crippen molar-refractivity contribution in [1.29, 1.82) is 0 Å². The molecular formula is C17H22N2O6S. The Balaban J connectivity index is 1.76. The number of anilines is 1. The lowest BCUT2D eigenvalue weighted by Gasteiger charge is -2.11. The predicted octanol–water partition coefficient (Wildman–Crippen LogP) is 0.695. The Labute approximate surface area is 152 Å². The van der Waals surface area contributed by atoms with E-state index in [0.717, 1.165) is 0 Å². The summed E-state index contributed by atoms with van der Waals surface area (Å²) in [6.45, 7) is -0.448. The topological polar surface area (TPSA) is 110 Å². The zero-order chi connectivity index (χ0) is 19.3. The fraction of sp³-hybridized carbons (Fsp3) is 0.471. The maximum absolute atomic E-state index is 11.8. The third-order valence-corrected chi connectivity index (χ3v) is 5.81. The van der Waals surface area contributed by atoms with Crippen LogP contribution >= 0.6 is 0 Å². The molecule has 0 bridgehead atoms. The SMILES string of the molecule is CN(C)C(=O)c1ccc(NC(=O)COC(=O)C[C@H]2CCS(=O)(=O)C2)cc1. The van der Waals surface area contributed by atoms with Crippen LogP contribution in [0.5, 0.6) is 0 Å². The normalized spacial score (nSPS) is 18.2. The summed E-state index contributed by atoms with van der Waals surface area (Å²) in [6.07, 6.45) is 0.440. The van der Waals surface area contributed by atoms with E-state index < -0.39 is 28.3 Å². The molecule has 1 saturated heterocycles. The van der Waals surface area contributed by atoms with Crippen molar-refractivity contribution in [3.05, 3.63) is 29.8 Å². The van der Waals surface area contributed by atoms with E-state index in [0.29, 0.717) is 17.7 Å². The lowest BCUT2D eigenvalue weighted by atomic mass is 10.1. The number of nitrogens with zero attached hydrogens (tertiary/aromatic N) is 1. The molecule has 1 aliphatic rings. The summed E-state index contributed by atoms with van der Waals surface area (Å²) in [5.74, 6) is -1.40. The van der Waals surface area contributed by atoms with Gasteiger partial charge in [0.2, 0.25) is 0 Å². The monoisotopic (exact) mass is 382 g/mol. The minimum absolute atomic E-state index is 0.00610. The molecule has 1 aromatic carbocycles. The quantitative estimate of drug-likeness (QED) is 0.725. The number of esters is 1. The molecule has 1 aromatic rings. The van der Waals surface area contributed by atoms with E-state index in [2.05, 4.69) is 5.32 Å². The van der Waals surface area contributed by atoms with Crippen LogP contribution in [0.4, 0.5) is 5.69 Å². The summed E-state index contributed by atoms with van der Waals surface area (Å²) in [6, 6.07) is 6.34. The van der Waals surface area contributed by atoms with Crippen LogP contribution in [0, 0.1) is 5.92 Å². The van der Waals surface area contributed by atoms with Crippen molar-refractivity contribution in [2.45, 2.75) is 12.8 Å². The number of sulfone groups is 1. The molecule has 8 nitrogen and oxygen atoms in total. The molecule has 0 saturated carbocycles. The van der Waals surface area contributed by atoms with Crippen molar-refractivity contribution < 1.29 is 27.5 Å². The molecule has 1 N–H and O–H groups in total. The molecule has 1 aliphatic heterocycles. The second-order valence-electron chi connectivity index (χ2n) is 6.46. The molecule has 26 heavy (non-hydrogen) atoms. The predicted molar refractivity (Wildman–Crippen MR) is 95.4 cm³/mol. The minimum atomic E-state index is -3.04. The van der Waals surface area contributed by atoms with Gasteiger partial charge in [0.1, 0.15) is 0 Å². The van der Waals surface area contributed by atoms with E-state index in [1.54, 1.807) is 38.4 Å². The van der Waals surface area contributed by atoms with Gasteiger partial charge < -0.3 is 15.0 Å². The highest BCUT2D eigenvalue weighted by Crippen LogP contribution is 2.21. The number of hydrogen-bond acceptors (Lipinski definition) is 6. The number of nitrogens with one attached hydrogen (secondary N) is 1. The maximum atomic E-state index is 11.8. The van der Waals surface area contributed by atoms with Crippen LogP contribution in [0.1, 0.15) is 23.2 Å². The Hall–Kier alpha value is -2.42. The molecule has 0 unspecified atom stereocenters. The molecule has 2 amide bonds. The van der Waals surface area contributed by atoms with Gasteiger partial charge in [-0.3, -0.25) is 14.4 Å². The van der Waals surface area contributed by atoms with Gasteiger partial charge in [0.05, 0.1) is 11.5 Å². The Morgan fingerprint density at radius 1 is 1.19 bits per heavy atom. The largest absolute Gasteiger partial charge is 0.456 e. The van der Waals surface area contributed by atoms with Gasteiger partial charge in [-0.25, -0.2) is 8.42 Å². The average Bonchev–Trinajstić information content (AvgIpc) is 2.91. The van der Waals surface area contributed by atoms with Crippen molar-refractivity contribution in [2.24, 2.45) is 5.92 Å². The first-order valence-corrected chi connectivity index (χ1v) is 9.96. The Kier molecular flexibility index (Phi) is 6.36. The number of carbonyl (C=O) groups is 3. The molecule has 9 heteroatoms. The third-order valence-electron chi connectivity index (χ3n) is 3.97. The summed E-state index contributed by atoms with van der Waals surface area (Å²) in [5, 5.41) is 2.56. The van der Waals surface area contributed by atoms with Crippen molar-refractivity contribution >= 4 is 33.3 Å². The second-order valence-corrected chi connectivity index (χ2v) is 8.69. The van der Waals surface area contributed by atoms with Gasteiger partial charge in [-0.2, -0.15) is 0 Å². The van der Waals surface area contributed by atoms with Crippen LogP contribution in [0.15, 0.2) is 24.3 Å². The van der Waals surface area contributed by atoms with Crippen molar-refractivity contribution in [2.75, 3.05) is 37.5 Å². The average molecular weight is 382 g/mol.